The first-order valence-electron chi connectivity index (χ1n) is 6.80. The molecule has 120 valence electrons. The molecule has 0 fully saturated rings. The van der Waals surface area contributed by atoms with Gasteiger partial charge in [-0.2, -0.15) is 0 Å². The Kier molecular flexibility index (Phi) is 4.80. The van der Waals surface area contributed by atoms with Gasteiger partial charge in [0.05, 0.1) is 6.42 Å². The van der Waals surface area contributed by atoms with E-state index in [0.29, 0.717) is 5.76 Å². The third kappa shape index (κ3) is 3.97. The quantitative estimate of drug-likeness (QED) is 0.749. The number of furan rings is 1. The third-order valence-electron chi connectivity index (χ3n) is 3.22. The van der Waals surface area contributed by atoms with Crippen LogP contribution in [0.2, 0.25) is 0 Å². The Balaban J connectivity index is 2.16. The minimum Gasteiger partial charge on any atom is -0.481 e. The van der Waals surface area contributed by atoms with Crippen molar-refractivity contribution in [2.24, 2.45) is 0 Å². The van der Waals surface area contributed by atoms with Gasteiger partial charge in [0, 0.05) is 5.56 Å². The van der Waals surface area contributed by atoms with Crippen LogP contribution in [0.1, 0.15) is 22.5 Å². The molecule has 2 rings (SSSR count). The molecule has 1 atom stereocenters. The van der Waals surface area contributed by atoms with Crippen molar-refractivity contribution in [1.82, 2.24) is 5.32 Å². The van der Waals surface area contributed by atoms with Crippen molar-refractivity contribution < 1.29 is 29.0 Å². The van der Waals surface area contributed by atoms with Crippen LogP contribution in [-0.2, 0) is 9.59 Å². The van der Waals surface area contributed by atoms with Crippen molar-refractivity contribution in [3.8, 4) is 11.3 Å². The smallest absolute Gasteiger partial charge is 0.326 e. The maximum Gasteiger partial charge on any atom is 0.326 e. The van der Waals surface area contributed by atoms with E-state index in [-0.39, 0.29) is 5.76 Å². The summed E-state index contributed by atoms with van der Waals surface area (Å²) in [5.41, 5.74) is 1.77. The molecule has 0 bridgehead atoms. The average Bonchev–Trinajstić information content (AvgIpc) is 2.96. The van der Waals surface area contributed by atoms with E-state index in [0.717, 1.165) is 11.1 Å². The summed E-state index contributed by atoms with van der Waals surface area (Å²) in [6, 6.07) is 8.93. The highest BCUT2D eigenvalue weighted by Gasteiger charge is 2.25. The summed E-state index contributed by atoms with van der Waals surface area (Å²) in [5, 5.41) is 19.7. The number of benzene rings is 1. The molecule has 0 radical (unpaired) electrons. The molecular weight excluding hydrogens is 302 g/mol. The molecule has 23 heavy (non-hydrogen) atoms. The van der Waals surface area contributed by atoms with Crippen molar-refractivity contribution in [2.45, 2.75) is 19.4 Å². The number of nitrogens with one attached hydrogen (secondary N) is 1. The van der Waals surface area contributed by atoms with Gasteiger partial charge in [0.2, 0.25) is 0 Å². The first kappa shape index (κ1) is 16.3. The monoisotopic (exact) mass is 317 g/mol. The van der Waals surface area contributed by atoms with Gasteiger partial charge in [0.1, 0.15) is 11.8 Å². The summed E-state index contributed by atoms with van der Waals surface area (Å²) in [7, 11) is 0. The van der Waals surface area contributed by atoms with Gasteiger partial charge in [-0.15, -0.1) is 0 Å². The number of hydrogen-bond acceptors (Lipinski definition) is 4. The van der Waals surface area contributed by atoms with E-state index in [2.05, 4.69) is 5.32 Å². The van der Waals surface area contributed by atoms with Crippen molar-refractivity contribution in [3.05, 3.63) is 47.7 Å². The molecule has 1 amide bonds. The van der Waals surface area contributed by atoms with E-state index >= 15 is 0 Å². The van der Waals surface area contributed by atoms with Crippen molar-refractivity contribution in [2.75, 3.05) is 0 Å². The van der Waals surface area contributed by atoms with Crippen LogP contribution in [-0.4, -0.2) is 34.1 Å². The molecule has 1 aromatic heterocycles. The van der Waals surface area contributed by atoms with Crippen LogP contribution in [0.25, 0.3) is 11.3 Å². The van der Waals surface area contributed by atoms with E-state index < -0.39 is 30.3 Å². The zero-order valence-corrected chi connectivity index (χ0v) is 12.3. The number of carboxylic acid groups (broad SMARTS) is 2. The summed E-state index contributed by atoms with van der Waals surface area (Å²) in [5.74, 6) is -3.14. The first-order valence-corrected chi connectivity index (χ1v) is 6.80. The van der Waals surface area contributed by atoms with Gasteiger partial charge in [0.25, 0.3) is 5.91 Å². The third-order valence-corrected chi connectivity index (χ3v) is 3.22. The van der Waals surface area contributed by atoms with Gasteiger partial charge in [-0.25, -0.2) is 4.79 Å². The van der Waals surface area contributed by atoms with Crippen molar-refractivity contribution in [3.63, 3.8) is 0 Å². The number of hydrogen-bond donors (Lipinski definition) is 3. The largest absolute Gasteiger partial charge is 0.481 e. The zero-order valence-electron chi connectivity index (χ0n) is 12.3. The van der Waals surface area contributed by atoms with Crippen LogP contribution >= 0.6 is 0 Å². The van der Waals surface area contributed by atoms with E-state index in [1.165, 1.54) is 6.07 Å². The molecule has 7 nitrogen and oxygen atoms in total. The Labute approximate surface area is 131 Å². The van der Waals surface area contributed by atoms with Crippen LogP contribution in [0.15, 0.2) is 40.8 Å². The van der Waals surface area contributed by atoms with E-state index in [1.807, 2.05) is 31.2 Å². The maximum absolute atomic E-state index is 12.0. The topological polar surface area (TPSA) is 117 Å². The lowest BCUT2D eigenvalue weighted by Gasteiger charge is -2.10. The molecule has 7 heteroatoms. The molecule has 0 saturated heterocycles. The minimum atomic E-state index is -1.52. The summed E-state index contributed by atoms with van der Waals surface area (Å²) < 4.78 is 5.45. The van der Waals surface area contributed by atoms with Gasteiger partial charge in [0.15, 0.2) is 5.76 Å². The van der Waals surface area contributed by atoms with Gasteiger partial charge in [-0.3, -0.25) is 9.59 Å². The van der Waals surface area contributed by atoms with Crippen LogP contribution in [0.5, 0.6) is 0 Å². The number of carbonyl (C=O) groups is 3. The number of aliphatic carboxylic acids is 2. The molecule has 0 spiro atoms. The van der Waals surface area contributed by atoms with Gasteiger partial charge in [-0.05, 0) is 24.6 Å². The van der Waals surface area contributed by atoms with Gasteiger partial charge in [-0.1, -0.05) is 24.3 Å². The summed E-state index contributed by atoms with van der Waals surface area (Å²) in [6.45, 7) is 1.89. The molecular formula is C16H15NO6. The van der Waals surface area contributed by atoms with Gasteiger partial charge >= 0.3 is 11.9 Å². The molecule has 1 aromatic carbocycles. The van der Waals surface area contributed by atoms with Crippen LogP contribution in [0, 0.1) is 6.92 Å². The van der Waals surface area contributed by atoms with Gasteiger partial charge < -0.3 is 19.9 Å². The number of aryl methyl sites for hydroxylation is 1. The first-order chi connectivity index (χ1) is 10.9. The predicted octanol–water partition coefficient (Wildman–Crippen LogP) is 1.91. The standard InChI is InChI=1S/C16H15NO6/c1-9-4-2-3-5-10(9)12-6-7-13(23-12)15(20)17-11(16(21)22)8-14(18)19/h2-7,11H,8H2,1H3,(H,17,20)(H,18,19)(H,21,22)/t11-/m0/s1. The second-order valence-electron chi connectivity index (χ2n) is 4.94. The second kappa shape index (κ2) is 6.78. The summed E-state index contributed by atoms with van der Waals surface area (Å²) in [6.07, 6.45) is -0.716. The lowest BCUT2D eigenvalue weighted by Crippen LogP contribution is -2.42. The highest BCUT2D eigenvalue weighted by molar-refractivity contribution is 5.95. The van der Waals surface area contributed by atoms with Crippen molar-refractivity contribution in [1.29, 1.82) is 0 Å². The van der Waals surface area contributed by atoms with Crippen LogP contribution in [0.4, 0.5) is 0 Å². The highest BCUT2D eigenvalue weighted by atomic mass is 16.4. The Morgan fingerprint density at radius 1 is 1.13 bits per heavy atom. The molecule has 3 N–H and O–H groups in total. The Bertz CT molecular complexity index is 749. The van der Waals surface area contributed by atoms with Crippen LogP contribution < -0.4 is 5.32 Å². The van der Waals surface area contributed by atoms with Crippen molar-refractivity contribution >= 4 is 17.8 Å². The molecule has 2 aromatic rings. The van der Waals surface area contributed by atoms with Crippen LogP contribution in [0.3, 0.4) is 0 Å². The normalized spacial score (nSPS) is 11.7. The Hall–Kier alpha value is -3.09. The van der Waals surface area contributed by atoms with E-state index in [4.69, 9.17) is 14.6 Å². The summed E-state index contributed by atoms with van der Waals surface area (Å²) >= 11 is 0. The second-order valence-corrected chi connectivity index (χ2v) is 4.94. The van der Waals surface area contributed by atoms with E-state index in [1.54, 1.807) is 6.07 Å². The molecule has 0 aliphatic heterocycles. The summed E-state index contributed by atoms with van der Waals surface area (Å²) in [4.78, 5) is 33.6. The fourth-order valence-corrected chi connectivity index (χ4v) is 2.06. The molecule has 1 heterocycles. The molecule has 0 aliphatic rings. The number of rotatable bonds is 6. The highest BCUT2D eigenvalue weighted by Crippen LogP contribution is 2.25. The lowest BCUT2D eigenvalue weighted by molar-refractivity contribution is -0.145. The average molecular weight is 317 g/mol. The molecule has 0 unspecified atom stereocenters. The fourth-order valence-electron chi connectivity index (χ4n) is 2.06. The number of carboxylic acids is 2. The zero-order chi connectivity index (χ0) is 17.0. The predicted molar refractivity (Wildman–Crippen MR) is 80.0 cm³/mol. The Morgan fingerprint density at radius 3 is 2.43 bits per heavy atom. The van der Waals surface area contributed by atoms with E-state index in [9.17, 15) is 14.4 Å². The molecule has 0 saturated carbocycles. The SMILES string of the molecule is Cc1ccccc1-c1ccc(C(=O)N[C@@H](CC(=O)O)C(=O)O)o1. The number of carbonyl (C=O) groups excluding carboxylic acids is 1. The number of amides is 1. The molecule has 0 aliphatic carbocycles. The minimum absolute atomic E-state index is 0.0834. The fraction of sp³-hybridized carbons (Fsp3) is 0.188. The lowest BCUT2D eigenvalue weighted by atomic mass is 10.1. The Morgan fingerprint density at radius 2 is 1.83 bits per heavy atom. The maximum atomic E-state index is 12.0.